The molecule has 0 aliphatic heterocycles. The number of benzene rings is 3. The number of ether oxygens (including phenoxy) is 1. The van der Waals surface area contributed by atoms with Gasteiger partial charge in [0.05, 0.1) is 23.1 Å². The van der Waals surface area contributed by atoms with E-state index in [2.05, 4.69) is 41.1 Å². The van der Waals surface area contributed by atoms with Crippen LogP contribution in [0.25, 0.3) is 22.2 Å². The van der Waals surface area contributed by atoms with Crippen LogP contribution in [0.3, 0.4) is 0 Å². The number of carbonyl (C=O) groups excluding carboxylic acids is 2. The summed E-state index contributed by atoms with van der Waals surface area (Å²) in [4.78, 5) is 32.0. The lowest BCUT2D eigenvalue weighted by molar-refractivity contribution is -0.116. The molecule has 3 aromatic carbocycles. The van der Waals surface area contributed by atoms with Crippen LogP contribution in [0.4, 0.5) is 5.69 Å². The van der Waals surface area contributed by atoms with Crippen LogP contribution < -0.4 is 5.32 Å². The Labute approximate surface area is 237 Å². The Morgan fingerprint density at radius 1 is 1.00 bits per heavy atom. The summed E-state index contributed by atoms with van der Waals surface area (Å²) >= 11 is 0. The summed E-state index contributed by atoms with van der Waals surface area (Å²) in [6, 6.07) is 21.7. The number of fused-ring (bicyclic) bond motifs is 1. The van der Waals surface area contributed by atoms with Crippen LogP contribution in [0.1, 0.15) is 62.3 Å². The van der Waals surface area contributed by atoms with Gasteiger partial charge in [-0.05, 0) is 82.2 Å². The maximum Gasteiger partial charge on any atom is 0.339 e. The molecule has 0 atom stereocenters. The molecule has 1 amide bonds. The molecule has 4 aromatic rings. The molecule has 0 aliphatic carbocycles. The standard InChI is InChI=1S/C33H40N4O3/c1-7-8-13-30-35-28-19-18-25(34-31(38)22-36(5)6)20-29(28)37(30)21-23-14-16-24(17-15-23)26-11-9-10-12-27(26)32(39)40-33(2,3)4/h9-12,14-20H,7-8,13,21-22H2,1-6H3,(H,34,38). The molecule has 0 saturated heterocycles. The highest BCUT2D eigenvalue weighted by Gasteiger charge is 2.21. The summed E-state index contributed by atoms with van der Waals surface area (Å²) in [5, 5.41) is 3.00. The van der Waals surface area contributed by atoms with Crippen LogP contribution in [0, 0.1) is 0 Å². The number of amides is 1. The molecule has 1 aromatic heterocycles. The van der Waals surface area contributed by atoms with E-state index in [1.807, 2.05) is 82.2 Å². The molecule has 0 fully saturated rings. The lowest BCUT2D eigenvalue weighted by Gasteiger charge is -2.20. The van der Waals surface area contributed by atoms with Gasteiger partial charge in [-0.2, -0.15) is 0 Å². The summed E-state index contributed by atoms with van der Waals surface area (Å²) in [5.41, 5.74) is 5.58. The normalized spacial score (nSPS) is 11.7. The largest absolute Gasteiger partial charge is 0.456 e. The van der Waals surface area contributed by atoms with Gasteiger partial charge in [-0.1, -0.05) is 55.8 Å². The van der Waals surface area contributed by atoms with Gasteiger partial charge in [-0.15, -0.1) is 0 Å². The Hall–Kier alpha value is -3.97. The first-order valence-corrected chi connectivity index (χ1v) is 13.9. The molecule has 0 unspecified atom stereocenters. The molecule has 7 nitrogen and oxygen atoms in total. The van der Waals surface area contributed by atoms with Gasteiger partial charge in [0.1, 0.15) is 11.4 Å². The SMILES string of the molecule is CCCCc1nc2ccc(NC(=O)CN(C)C)cc2n1Cc1ccc(-c2ccccc2C(=O)OC(C)(C)C)cc1. The fraction of sp³-hybridized carbons (Fsp3) is 0.364. The molecule has 0 bridgehead atoms. The second-order valence-corrected chi connectivity index (χ2v) is 11.5. The first-order valence-electron chi connectivity index (χ1n) is 13.9. The van der Waals surface area contributed by atoms with Crippen molar-refractivity contribution in [3.05, 3.63) is 83.7 Å². The van der Waals surface area contributed by atoms with Crippen molar-refractivity contribution < 1.29 is 14.3 Å². The maximum absolute atomic E-state index is 12.9. The van der Waals surface area contributed by atoms with Crippen molar-refractivity contribution >= 4 is 28.6 Å². The molecule has 0 radical (unpaired) electrons. The number of unbranched alkanes of at least 4 members (excludes halogenated alkanes) is 1. The molecule has 1 heterocycles. The predicted octanol–water partition coefficient (Wildman–Crippen LogP) is 6.55. The lowest BCUT2D eigenvalue weighted by Crippen LogP contribution is -2.27. The summed E-state index contributed by atoms with van der Waals surface area (Å²) in [7, 11) is 3.75. The monoisotopic (exact) mass is 540 g/mol. The number of aryl methyl sites for hydroxylation is 1. The molecule has 0 saturated carbocycles. The smallest absolute Gasteiger partial charge is 0.339 e. The fourth-order valence-electron chi connectivity index (χ4n) is 4.66. The van der Waals surface area contributed by atoms with Crippen LogP contribution in [0.2, 0.25) is 0 Å². The highest BCUT2D eigenvalue weighted by Crippen LogP contribution is 2.28. The summed E-state index contributed by atoms with van der Waals surface area (Å²) < 4.78 is 7.89. The summed E-state index contributed by atoms with van der Waals surface area (Å²) in [6.07, 6.45) is 3.02. The van der Waals surface area contributed by atoms with Crippen LogP contribution >= 0.6 is 0 Å². The van der Waals surface area contributed by atoms with Crippen LogP contribution in [0.15, 0.2) is 66.7 Å². The van der Waals surface area contributed by atoms with E-state index >= 15 is 0 Å². The first kappa shape index (κ1) is 29.0. The average molecular weight is 541 g/mol. The van der Waals surface area contributed by atoms with Crippen molar-refractivity contribution in [3.8, 4) is 11.1 Å². The number of esters is 1. The zero-order valence-corrected chi connectivity index (χ0v) is 24.5. The van der Waals surface area contributed by atoms with Crippen LogP contribution in [-0.2, 0) is 22.5 Å². The summed E-state index contributed by atoms with van der Waals surface area (Å²) in [5.74, 6) is 0.656. The van der Waals surface area contributed by atoms with Gasteiger partial charge in [0.25, 0.3) is 0 Å². The van der Waals surface area contributed by atoms with Crippen LogP contribution in [-0.4, -0.2) is 52.6 Å². The minimum Gasteiger partial charge on any atom is -0.456 e. The number of likely N-dealkylation sites (N-methyl/N-ethyl adjacent to an activating group) is 1. The average Bonchev–Trinajstić information content (AvgIpc) is 3.22. The summed E-state index contributed by atoms with van der Waals surface area (Å²) in [6.45, 7) is 8.77. The van der Waals surface area contributed by atoms with E-state index in [0.29, 0.717) is 18.7 Å². The Morgan fingerprint density at radius 2 is 1.73 bits per heavy atom. The molecule has 0 aliphatic rings. The highest BCUT2D eigenvalue weighted by molar-refractivity contribution is 5.97. The minimum absolute atomic E-state index is 0.0520. The Balaban J connectivity index is 1.63. The van der Waals surface area contributed by atoms with Crippen molar-refractivity contribution in [3.63, 3.8) is 0 Å². The van der Waals surface area contributed by atoms with Crippen molar-refractivity contribution in [2.45, 2.75) is 59.1 Å². The van der Waals surface area contributed by atoms with Gasteiger partial charge >= 0.3 is 5.97 Å². The first-order chi connectivity index (χ1) is 19.0. The molecule has 1 N–H and O–H groups in total. The highest BCUT2D eigenvalue weighted by atomic mass is 16.6. The van der Waals surface area contributed by atoms with Gasteiger partial charge in [-0.3, -0.25) is 4.79 Å². The van der Waals surface area contributed by atoms with Gasteiger partial charge < -0.3 is 19.5 Å². The zero-order chi connectivity index (χ0) is 28.9. The van der Waals surface area contributed by atoms with Crippen molar-refractivity contribution in [2.24, 2.45) is 0 Å². The Bertz CT molecular complexity index is 1480. The topological polar surface area (TPSA) is 76.5 Å². The lowest BCUT2D eigenvalue weighted by atomic mass is 9.98. The van der Waals surface area contributed by atoms with E-state index in [1.165, 1.54) is 0 Å². The number of hydrogen-bond donors (Lipinski definition) is 1. The van der Waals surface area contributed by atoms with E-state index in [9.17, 15) is 9.59 Å². The number of anilines is 1. The fourth-order valence-corrected chi connectivity index (χ4v) is 4.66. The number of imidazole rings is 1. The third kappa shape index (κ3) is 7.36. The van der Waals surface area contributed by atoms with Crippen molar-refractivity contribution in [1.29, 1.82) is 0 Å². The van der Waals surface area contributed by atoms with E-state index in [-0.39, 0.29) is 11.9 Å². The zero-order valence-electron chi connectivity index (χ0n) is 24.5. The number of nitrogens with zero attached hydrogens (tertiary/aromatic N) is 3. The predicted molar refractivity (Wildman–Crippen MR) is 162 cm³/mol. The quantitative estimate of drug-likeness (QED) is 0.231. The molecule has 7 heteroatoms. The van der Waals surface area contributed by atoms with Gasteiger partial charge in [0, 0.05) is 18.7 Å². The van der Waals surface area contributed by atoms with Crippen molar-refractivity contribution in [2.75, 3.05) is 26.0 Å². The number of nitrogens with one attached hydrogen (secondary N) is 1. The molecule has 40 heavy (non-hydrogen) atoms. The molecule has 210 valence electrons. The number of aromatic nitrogens is 2. The van der Waals surface area contributed by atoms with E-state index in [0.717, 1.165) is 58.5 Å². The number of rotatable bonds is 10. The molecular weight excluding hydrogens is 500 g/mol. The molecule has 0 spiro atoms. The maximum atomic E-state index is 12.9. The second kappa shape index (κ2) is 12.5. The van der Waals surface area contributed by atoms with E-state index in [4.69, 9.17) is 9.72 Å². The minimum atomic E-state index is -0.563. The Kier molecular flexibility index (Phi) is 9.05. The third-order valence-corrected chi connectivity index (χ3v) is 6.48. The molecule has 4 rings (SSSR count). The van der Waals surface area contributed by atoms with Gasteiger partial charge in [-0.25, -0.2) is 9.78 Å². The second-order valence-electron chi connectivity index (χ2n) is 11.5. The van der Waals surface area contributed by atoms with E-state index in [1.54, 1.807) is 0 Å². The molecular formula is C33H40N4O3. The van der Waals surface area contributed by atoms with Gasteiger partial charge in [0.2, 0.25) is 5.91 Å². The van der Waals surface area contributed by atoms with Crippen LogP contribution in [0.5, 0.6) is 0 Å². The Morgan fingerprint density at radius 3 is 2.40 bits per heavy atom. The van der Waals surface area contributed by atoms with Crippen molar-refractivity contribution in [1.82, 2.24) is 14.5 Å². The third-order valence-electron chi connectivity index (χ3n) is 6.48. The van der Waals surface area contributed by atoms with E-state index < -0.39 is 5.60 Å². The number of hydrogen-bond acceptors (Lipinski definition) is 5. The number of carbonyl (C=O) groups is 2. The van der Waals surface area contributed by atoms with Gasteiger partial charge in [0.15, 0.2) is 0 Å².